The van der Waals surface area contributed by atoms with Gasteiger partial charge in [0.2, 0.25) is 5.91 Å². The number of rotatable bonds is 6. The molecule has 1 amide bonds. The van der Waals surface area contributed by atoms with Gasteiger partial charge in [-0.25, -0.2) is 0 Å². The van der Waals surface area contributed by atoms with Crippen LogP contribution in [0.2, 0.25) is 5.02 Å². The van der Waals surface area contributed by atoms with E-state index in [1.807, 2.05) is 24.3 Å². The summed E-state index contributed by atoms with van der Waals surface area (Å²) in [4.78, 5) is 10.7. The largest absolute Gasteiger partial charge is 0.369 e. The molecule has 19 heavy (non-hydrogen) atoms. The van der Waals surface area contributed by atoms with Crippen LogP contribution in [0, 0.1) is 0 Å². The summed E-state index contributed by atoms with van der Waals surface area (Å²) in [7, 11) is 0. The van der Waals surface area contributed by atoms with Crippen LogP contribution in [-0.4, -0.2) is 21.9 Å². The first-order valence-corrected chi connectivity index (χ1v) is 8.42. The molecule has 0 saturated carbocycles. The van der Waals surface area contributed by atoms with Gasteiger partial charge in [0.25, 0.3) is 0 Å². The third-order valence-corrected chi connectivity index (χ3v) is 5.54. The summed E-state index contributed by atoms with van der Waals surface area (Å²) in [6.07, 6.45) is 0. The summed E-state index contributed by atoms with van der Waals surface area (Å²) in [5, 5.41) is 8.79. The van der Waals surface area contributed by atoms with Crippen molar-refractivity contribution in [1.29, 1.82) is 0 Å². The third-order valence-electron chi connectivity index (χ3n) is 2.00. The smallest absolute Gasteiger partial charge is 0.227 e. The first-order chi connectivity index (χ1) is 9.13. The number of thioether (sulfide) groups is 2. The predicted octanol–water partition coefficient (Wildman–Crippen LogP) is 3.06. The van der Waals surface area contributed by atoms with Crippen LogP contribution >= 0.6 is 46.5 Å². The summed E-state index contributed by atoms with van der Waals surface area (Å²) < 4.78 is 1.64. The van der Waals surface area contributed by atoms with Gasteiger partial charge in [-0.1, -0.05) is 58.6 Å². The van der Waals surface area contributed by atoms with Crippen LogP contribution in [0.25, 0.3) is 0 Å². The Bertz CT molecular complexity index is 559. The maximum Gasteiger partial charge on any atom is 0.227 e. The van der Waals surface area contributed by atoms with Gasteiger partial charge >= 0.3 is 0 Å². The Balaban J connectivity index is 1.86. The van der Waals surface area contributed by atoms with Gasteiger partial charge in [0.1, 0.15) is 0 Å². The zero-order valence-electron chi connectivity index (χ0n) is 9.71. The van der Waals surface area contributed by atoms with E-state index in [1.165, 1.54) is 28.7 Å². The number of hydrogen-bond donors (Lipinski definition) is 1. The molecule has 0 bridgehead atoms. The molecule has 8 heteroatoms. The van der Waals surface area contributed by atoms with E-state index in [2.05, 4.69) is 10.2 Å². The molecule has 0 unspecified atom stereocenters. The first-order valence-electron chi connectivity index (χ1n) is 5.25. The molecule has 0 spiro atoms. The molecule has 2 N–H and O–H groups in total. The highest BCUT2D eigenvalue weighted by atomic mass is 35.5. The van der Waals surface area contributed by atoms with Gasteiger partial charge in [-0.15, -0.1) is 10.2 Å². The van der Waals surface area contributed by atoms with Crippen molar-refractivity contribution >= 4 is 52.4 Å². The van der Waals surface area contributed by atoms with Crippen molar-refractivity contribution in [1.82, 2.24) is 10.2 Å². The van der Waals surface area contributed by atoms with Gasteiger partial charge in [0.05, 0.1) is 5.75 Å². The van der Waals surface area contributed by atoms with Gasteiger partial charge in [0.15, 0.2) is 8.68 Å². The molecule has 4 nitrogen and oxygen atoms in total. The summed E-state index contributed by atoms with van der Waals surface area (Å²) >= 11 is 10.2. The van der Waals surface area contributed by atoms with Crippen molar-refractivity contribution in [2.75, 3.05) is 5.75 Å². The minimum absolute atomic E-state index is 0.233. The van der Waals surface area contributed by atoms with Crippen LogP contribution in [-0.2, 0) is 10.5 Å². The summed E-state index contributed by atoms with van der Waals surface area (Å²) in [5.74, 6) is 0.693. The van der Waals surface area contributed by atoms with Crippen molar-refractivity contribution in [3.8, 4) is 0 Å². The number of halogens is 1. The zero-order chi connectivity index (χ0) is 13.7. The molecule has 2 aromatic rings. The van der Waals surface area contributed by atoms with E-state index >= 15 is 0 Å². The number of nitrogens with zero attached hydrogens (tertiary/aromatic N) is 2. The molecular weight excluding hydrogens is 322 g/mol. The SMILES string of the molecule is NC(=O)CSc1nnc(SCc2ccc(Cl)cc2)s1. The average Bonchev–Trinajstić information content (AvgIpc) is 2.84. The van der Waals surface area contributed by atoms with E-state index in [0.717, 1.165) is 19.5 Å². The van der Waals surface area contributed by atoms with E-state index in [-0.39, 0.29) is 11.7 Å². The quantitative estimate of drug-likeness (QED) is 0.824. The molecule has 1 heterocycles. The Kier molecular flexibility index (Phi) is 5.50. The molecule has 1 aromatic carbocycles. The maximum atomic E-state index is 10.7. The number of carbonyl (C=O) groups excluding carboxylic acids is 1. The molecule has 2 rings (SSSR count). The second kappa shape index (κ2) is 7.14. The molecule has 100 valence electrons. The van der Waals surface area contributed by atoms with Crippen LogP contribution in [0.4, 0.5) is 0 Å². The third kappa shape index (κ3) is 5.02. The molecule has 0 atom stereocenters. The van der Waals surface area contributed by atoms with Crippen LogP contribution in [0.3, 0.4) is 0 Å². The monoisotopic (exact) mass is 331 g/mol. The minimum atomic E-state index is -0.351. The number of hydrogen-bond acceptors (Lipinski definition) is 6. The molecule has 0 radical (unpaired) electrons. The maximum absolute atomic E-state index is 10.7. The van der Waals surface area contributed by atoms with Gasteiger partial charge < -0.3 is 5.73 Å². The van der Waals surface area contributed by atoms with Gasteiger partial charge in [-0.2, -0.15) is 0 Å². The summed E-state index contributed by atoms with van der Waals surface area (Å²) in [6, 6.07) is 7.70. The van der Waals surface area contributed by atoms with Crippen LogP contribution in [0.15, 0.2) is 32.9 Å². The van der Waals surface area contributed by atoms with Crippen LogP contribution in [0.1, 0.15) is 5.56 Å². The van der Waals surface area contributed by atoms with Gasteiger partial charge in [-0.05, 0) is 17.7 Å². The second-order valence-corrected chi connectivity index (χ2v) is 7.36. The zero-order valence-corrected chi connectivity index (χ0v) is 12.9. The Hall–Kier alpha value is -0.760. The number of carbonyl (C=O) groups is 1. The lowest BCUT2D eigenvalue weighted by molar-refractivity contribution is -0.115. The van der Waals surface area contributed by atoms with E-state index in [1.54, 1.807) is 11.8 Å². The Morgan fingerprint density at radius 3 is 2.47 bits per heavy atom. The standard InChI is InChI=1S/C11H10ClN3OS3/c12-8-3-1-7(2-4-8)5-17-10-14-15-11(19-10)18-6-9(13)16/h1-4H,5-6H2,(H2,13,16). The fraction of sp³-hybridized carbons (Fsp3) is 0.182. The molecule has 0 aliphatic carbocycles. The van der Waals surface area contributed by atoms with Crippen molar-refractivity contribution in [2.45, 2.75) is 14.4 Å². The lowest BCUT2D eigenvalue weighted by Gasteiger charge is -1.98. The van der Waals surface area contributed by atoms with Crippen molar-refractivity contribution < 1.29 is 4.79 Å². The highest BCUT2D eigenvalue weighted by Crippen LogP contribution is 2.30. The topological polar surface area (TPSA) is 68.9 Å². The lowest BCUT2D eigenvalue weighted by Crippen LogP contribution is -2.12. The molecule has 0 saturated heterocycles. The normalized spacial score (nSPS) is 10.6. The van der Waals surface area contributed by atoms with Gasteiger partial charge in [-0.3, -0.25) is 4.79 Å². The molecule has 0 aliphatic heterocycles. The minimum Gasteiger partial charge on any atom is -0.369 e. The van der Waals surface area contributed by atoms with Gasteiger partial charge in [0, 0.05) is 10.8 Å². The van der Waals surface area contributed by atoms with E-state index in [4.69, 9.17) is 17.3 Å². The molecule has 0 aliphatic rings. The van der Waals surface area contributed by atoms with E-state index in [0.29, 0.717) is 0 Å². The van der Waals surface area contributed by atoms with E-state index in [9.17, 15) is 4.79 Å². The van der Waals surface area contributed by atoms with Crippen LogP contribution < -0.4 is 5.73 Å². The molecule has 0 fully saturated rings. The number of amides is 1. The Labute approximate surface area is 128 Å². The number of primary amides is 1. The number of aromatic nitrogens is 2. The van der Waals surface area contributed by atoms with Crippen molar-refractivity contribution in [2.24, 2.45) is 5.73 Å². The highest BCUT2D eigenvalue weighted by molar-refractivity contribution is 8.03. The number of benzene rings is 1. The van der Waals surface area contributed by atoms with Crippen molar-refractivity contribution in [3.05, 3.63) is 34.9 Å². The average molecular weight is 332 g/mol. The second-order valence-electron chi connectivity index (χ2n) is 3.50. The van der Waals surface area contributed by atoms with E-state index < -0.39 is 0 Å². The first kappa shape index (κ1) is 14.6. The fourth-order valence-electron chi connectivity index (χ4n) is 1.17. The Morgan fingerprint density at radius 2 is 1.84 bits per heavy atom. The molecule has 1 aromatic heterocycles. The van der Waals surface area contributed by atoms with Crippen molar-refractivity contribution in [3.63, 3.8) is 0 Å². The predicted molar refractivity (Wildman–Crippen MR) is 80.8 cm³/mol. The lowest BCUT2D eigenvalue weighted by atomic mass is 10.2. The highest BCUT2D eigenvalue weighted by Gasteiger charge is 2.07. The fourth-order valence-corrected chi connectivity index (χ4v) is 4.01. The number of nitrogens with two attached hydrogens (primary N) is 1. The van der Waals surface area contributed by atoms with Crippen LogP contribution in [0.5, 0.6) is 0 Å². The Morgan fingerprint density at radius 1 is 1.21 bits per heavy atom. The summed E-state index contributed by atoms with van der Waals surface area (Å²) in [6.45, 7) is 0. The summed E-state index contributed by atoms with van der Waals surface area (Å²) in [5.41, 5.74) is 6.25. The molecular formula is C11H10ClN3OS3.